The zero-order valence-corrected chi connectivity index (χ0v) is 10.8. The van der Waals surface area contributed by atoms with Crippen molar-refractivity contribution in [3.8, 4) is 0 Å². The molecule has 96 valence electrons. The van der Waals surface area contributed by atoms with Gasteiger partial charge in [0, 0.05) is 24.7 Å². The lowest BCUT2D eigenvalue weighted by Crippen LogP contribution is -2.30. The van der Waals surface area contributed by atoms with E-state index in [-0.39, 0.29) is 11.7 Å². The molecule has 0 bridgehead atoms. The number of carbonyl (C=O) groups is 1. The number of hydrogen-bond donors (Lipinski definition) is 0. The van der Waals surface area contributed by atoms with Crippen LogP contribution >= 0.6 is 0 Å². The second kappa shape index (κ2) is 6.74. The van der Waals surface area contributed by atoms with Gasteiger partial charge in [-0.3, -0.25) is 4.79 Å². The van der Waals surface area contributed by atoms with Gasteiger partial charge in [0.25, 0.3) is 0 Å². The average Bonchev–Trinajstić information content (AvgIpc) is 2.34. The van der Waals surface area contributed by atoms with Gasteiger partial charge in [0.1, 0.15) is 5.82 Å². The Labute approximate surface area is 107 Å². The maximum Gasteiger partial charge on any atom is 0.246 e. The molecule has 0 fully saturated rings. The van der Waals surface area contributed by atoms with Crippen molar-refractivity contribution < 1.29 is 9.18 Å². The zero-order chi connectivity index (χ0) is 13.5. The van der Waals surface area contributed by atoms with Crippen molar-refractivity contribution in [3.63, 3.8) is 0 Å². The van der Waals surface area contributed by atoms with Gasteiger partial charge in [-0.15, -0.1) is 0 Å². The molecule has 0 N–H and O–H groups in total. The molecule has 2 nitrogen and oxygen atoms in total. The molecule has 1 amide bonds. The molecule has 1 aromatic rings. The number of carbonyl (C=O) groups excluding carboxylic acids is 1. The molecule has 0 unspecified atom stereocenters. The predicted octanol–water partition coefficient (Wildman–Crippen LogP) is 3.26. The summed E-state index contributed by atoms with van der Waals surface area (Å²) in [7, 11) is 0. The lowest BCUT2D eigenvalue weighted by atomic mass is 10.2. The van der Waals surface area contributed by atoms with Crippen molar-refractivity contribution in [2.45, 2.75) is 13.8 Å². The van der Waals surface area contributed by atoms with Gasteiger partial charge >= 0.3 is 0 Å². The van der Waals surface area contributed by atoms with E-state index in [1.807, 2.05) is 13.8 Å². The minimum absolute atomic E-state index is 0.135. The molecule has 0 spiro atoms. The summed E-state index contributed by atoms with van der Waals surface area (Å²) in [6, 6.07) is 6.36. The van der Waals surface area contributed by atoms with Gasteiger partial charge in [-0.1, -0.05) is 30.4 Å². The van der Waals surface area contributed by atoms with Gasteiger partial charge in [-0.05, 0) is 26.0 Å². The number of likely N-dealkylation sites (N-methyl/N-ethyl adjacent to an activating group) is 1. The van der Waals surface area contributed by atoms with Crippen LogP contribution in [0.5, 0.6) is 0 Å². The topological polar surface area (TPSA) is 20.3 Å². The van der Waals surface area contributed by atoms with Crippen LogP contribution in [0.15, 0.2) is 42.5 Å². The van der Waals surface area contributed by atoms with Crippen LogP contribution in [-0.4, -0.2) is 23.9 Å². The minimum Gasteiger partial charge on any atom is -0.335 e. The van der Waals surface area contributed by atoms with Crippen LogP contribution in [-0.2, 0) is 4.79 Å². The molecule has 0 saturated carbocycles. The molecule has 0 aliphatic rings. The molecule has 0 atom stereocenters. The van der Waals surface area contributed by atoms with E-state index in [9.17, 15) is 9.18 Å². The third-order valence-corrected chi connectivity index (χ3v) is 2.46. The van der Waals surface area contributed by atoms with E-state index in [1.165, 1.54) is 18.2 Å². The zero-order valence-electron chi connectivity index (χ0n) is 10.8. The van der Waals surface area contributed by atoms with E-state index >= 15 is 0 Å². The fraction of sp³-hybridized carbons (Fsp3) is 0.267. The summed E-state index contributed by atoms with van der Waals surface area (Å²) in [6.45, 7) is 8.68. The summed E-state index contributed by atoms with van der Waals surface area (Å²) in [5.41, 5.74) is 1.33. The molecule has 0 aliphatic heterocycles. The molecule has 0 radical (unpaired) electrons. The first kappa shape index (κ1) is 14.2. The van der Waals surface area contributed by atoms with Crippen molar-refractivity contribution >= 4 is 12.0 Å². The van der Waals surface area contributed by atoms with Gasteiger partial charge in [0.05, 0.1) is 0 Å². The Morgan fingerprint density at radius 3 is 2.67 bits per heavy atom. The molecule has 0 heterocycles. The summed E-state index contributed by atoms with van der Waals surface area (Å²) >= 11 is 0. The molecular formula is C15H18FNO. The average molecular weight is 247 g/mol. The minimum atomic E-state index is -0.329. The molecule has 0 saturated heterocycles. The molecule has 3 heteroatoms. The Bertz CT molecular complexity index is 465. The monoisotopic (exact) mass is 247 g/mol. The van der Waals surface area contributed by atoms with Gasteiger partial charge in [-0.2, -0.15) is 0 Å². The predicted molar refractivity (Wildman–Crippen MR) is 72.5 cm³/mol. The van der Waals surface area contributed by atoms with E-state index in [4.69, 9.17) is 0 Å². The lowest BCUT2D eigenvalue weighted by Gasteiger charge is -2.18. The Morgan fingerprint density at radius 1 is 1.44 bits per heavy atom. The van der Waals surface area contributed by atoms with E-state index < -0.39 is 0 Å². The van der Waals surface area contributed by atoms with Gasteiger partial charge in [0.2, 0.25) is 5.91 Å². The first-order valence-corrected chi connectivity index (χ1v) is 5.90. The molecule has 1 rings (SSSR count). The molecular weight excluding hydrogens is 229 g/mol. The third-order valence-electron chi connectivity index (χ3n) is 2.46. The Kier molecular flexibility index (Phi) is 5.31. The van der Waals surface area contributed by atoms with E-state index in [1.54, 1.807) is 23.1 Å². The molecule has 1 aromatic carbocycles. The fourth-order valence-electron chi connectivity index (χ4n) is 1.55. The number of nitrogens with zero attached hydrogens (tertiary/aromatic N) is 1. The van der Waals surface area contributed by atoms with Gasteiger partial charge < -0.3 is 4.90 Å². The van der Waals surface area contributed by atoms with Crippen LogP contribution in [0.2, 0.25) is 0 Å². The third kappa shape index (κ3) is 4.17. The fourth-order valence-corrected chi connectivity index (χ4v) is 1.55. The largest absolute Gasteiger partial charge is 0.335 e. The number of hydrogen-bond acceptors (Lipinski definition) is 1. The highest BCUT2D eigenvalue weighted by molar-refractivity contribution is 5.91. The van der Waals surface area contributed by atoms with Gasteiger partial charge in [-0.25, -0.2) is 4.39 Å². The van der Waals surface area contributed by atoms with Crippen molar-refractivity contribution in [2.75, 3.05) is 13.1 Å². The summed E-state index contributed by atoms with van der Waals surface area (Å²) in [5.74, 6) is -0.465. The van der Waals surface area contributed by atoms with Crippen LogP contribution in [0.25, 0.3) is 6.08 Å². The first-order chi connectivity index (χ1) is 8.54. The highest BCUT2D eigenvalue weighted by Gasteiger charge is 2.08. The van der Waals surface area contributed by atoms with Crippen LogP contribution in [0, 0.1) is 5.82 Å². The van der Waals surface area contributed by atoms with Crippen LogP contribution < -0.4 is 0 Å². The normalized spacial score (nSPS) is 10.6. The summed E-state index contributed by atoms with van der Waals surface area (Å²) in [5, 5.41) is 0. The van der Waals surface area contributed by atoms with E-state index in [0.717, 1.165) is 5.57 Å². The molecule has 0 aromatic heterocycles. The number of halogens is 1. The maximum atomic E-state index is 13.3. The standard InChI is InChI=1S/C15H18FNO/c1-4-17(11-12(2)3)15(18)10-9-13-7-5-6-8-14(13)16/h5-10H,2,4,11H2,1,3H3/b10-9+. The second-order valence-electron chi connectivity index (χ2n) is 4.16. The summed E-state index contributed by atoms with van der Waals surface area (Å²) in [6.07, 6.45) is 2.89. The number of rotatable bonds is 5. The smallest absolute Gasteiger partial charge is 0.246 e. The van der Waals surface area contributed by atoms with Gasteiger partial charge in [0.15, 0.2) is 0 Å². The maximum absolute atomic E-state index is 13.3. The number of benzene rings is 1. The van der Waals surface area contributed by atoms with Crippen molar-refractivity contribution in [1.29, 1.82) is 0 Å². The van der Waals surface area contributed by atoms with Crippen molar-refractivity contribution in [1.82, 2.24) is 4.90 Å². The summed E-state index contributed by atoms with van der Waals surface area (Å²) in [4.78, 5) is 13.5. The molecule has 18 heavy (non-hydrogen) atoms. The first-order valence-electron chi connectivity index (χ1n) is 5.90. The van der Waals surface area contributed by atoms with Crippen molar-refractivity contribution in [2.24, 2.45) is 0 Å². The lowest BCUT2D eigenvalue weighted by molar-refractivity contribution is -0.125. The quantitative estimate of drug-likeness (QED) is 0.577. The van der Waals surface area contributed by atoms with E-state index in [0.29, 0.717) is 18.7 Å². The summed E-state index contributed by atoms with van der Waals surface area (Å²) < 4.78 is 13.3. The Morgan fingerprint density at radius 2 is 2.11 bits per heavy atom. The Hall–Kier alpha value is -1.90. The highest BCUT2D eigenvalue weighted by atomic mass is 19.1. The van der Waals surface area contributed by atoms with E-state index in [2.05, 4.69) is 6.58 Å². The van der Waals surface area contributed by atoms with Crippen LogP contribution in [0.3, 0.4) is 0 Å². The second-order valence-corrected chi connectivity index (χ2v) is 4.16. The SMILES string of the molecule is C=C(C)CN(CC)C(=O)/C=C/c1ccccc1F. The van der Waals surface area contributed by atoms with Crippen LogP contribution in [0.1, 0.15) is 19.4 Å². The highest BCUT2D eigenvalue weighted by Crippen LogP contribution is 2.08. The van der Waals surface area contributed by atoms with Crippen LogP contribution in [0.4, 0.5) is 4.39 Å². The molecule has 0 aliphatic carbocycles. The van der Waals surface area contributed by atoms with Crippen molar-refractivity contribution in [3.05, 3.63) is 53.9 Å². The Balaban J connectivity index is 2.74. The number of amides is 1.